The molecule has 1 heterocycles. The summed E-state index contributed by atoms with van der Waals surface area (Å²) in [6, 6.07) is 8.61. The van der Waals surface area contributed by atoms with E-state index >= 15 is 0 Å². The van der Waals surface area contributed by atoms with Gasteiger partial charge in [0.1, 0.15) is 0 Å². The number of rotatable bonds is 6. The fraction of sp³-hybridized carbons (Fsp3) is 0.650. The van der Waals surface area contributed by atoms with Crippen molar-refractivity contribution in [1.82, 2.24) is 10.2 Å². The number of aryl methyl sites for hydroxylation is 1. The van der Waals surface area contributed by atoms with Gasteiger partial charge in [0.15, 0.2) is 0 Å². The number of benzene rings is 1. The first-order valence-electron chi connectivity index (χ1n) is 8.83. The summed E-state index contributed by atoms with van der Waals surface area (Å²) in [5, 5.41) is 3.34. The number of carbonyl (C=O) groups is 1. The quantitative estimate of drug-likeness (QED) is 0.871. The molecule has 4 nitrogen and oxygen atoms in total. The average molecular weight is 332 g/mol. The van der Waals surface area contributed by atoms with Gasteiger partial charge in [-0.05, 0) is 38.4 Å². The van der Waals surface area contributed by atoms with E-state index in [-0.39, 0.29) is 16.7 Å². The molecule has 1 amide bonds. The zero-order chi connectivity index (χ0) is 17.8. The maximum absolute atomic E-state index is 13.2. The third kappa shape index (κ3) is 4.17. The van der Waals surface area contributed by atoms with Gasteiger partial charge in [0.2, 0.25) is 5.91 Å². The van der Waals surface area contributed by atoms with Crippen LogP contribution in [0, 0.1) is 12.3 Å². The third-order valence-corrected chi connectivity index (χ3v) is 5.25. The molecular weight excluding hydrogens is 300 g/mol. The van der Waals surface area contributed by atoms with Crippen molar-refractivity contribution in [2.45, 2.75) is 39.0 Å². The maximum atomic E-state index is 13.2. The Hall–Kier alpha value is -1.39. The first-order valence-corrected chi connectivity index (χ1v) is 8.83. The van der Waals surface area contributed by atoms with Crippen LogP contribution in [-0.4, -0.2) is 51.2 Å². The number of piperidine rings is 1. The number of nitrogens with one attached hydrogen (secondary N) is 1. The van der Waals surface area contributed by atoms with Crippen LogP contribution in [0.25, 0.3) is 0 Å². The Bertz CT molecular complexity index is 540. The second kappa shape index (κ2) is 7.66. The largest absolute Gasteiger partial charge is 0.384 e. The second-order valence-corrected chi connectivity index (χ2v) is 7.87. The molecule has 0 aromatic heterocycles. The molecule has 1 aliphatic heterocycles. The minimum atomic E-state index is -0.377. The Kier molecular flexibility index (Phi) is 6.05. The van der Waals surface area contributed by atoms with Gasteiger partial charge >= 0.3 is 0 Å². The van der Waals surface area contributed by atoms with Crippen LogP contribution in [-0.2, 0) is 14.9 Å². The molecule has 24 heavy (non-hydrogen) atoms. The van der Waals surface area contributed by atoms with Gasteiger partial charge < -0.3 is 15.0 Å². The zero-order valence-corrected chi connectivity index (χ0v) is 15.8. The predicted octanol–water partition coefficient (Wildman–Crippen LogP) is 2.75. The Morgan fingerprint density at radius 1 is 1.25 bits per heavy atom. The van der Waals surface area contributed by atoms with E-state index < -0.39 is 0 Å². The van der Waals surface area contributed by atoms with E-state index in [0.717, 1.165) is 25.9 Å². The van der Waals surface area contributed by atoms with E-state index in [4.69, 9.17) is 4.74 Å². The van der Waals surface area contributed by atoms with E-state index in [1.165, 1.54) is 11.1 Å². The van der Waals surface area contributed by atoms with Crippen molar-refractivity contribution < 1.29 is 9.53 Å². The molecule has 134 valence electrons. The van der Waals surface area contributed by atoms with Crippen LogP contribution in [0.1, 0.15) is 37.8 Å². The molecule has 0 saturated carbocycles. The van der Waals surface area contributed by atoms with Crippen LogP contribution in [0.15, 0.2) is 24.3 Å². The summed E-state index contributed by atoms with van der Waals surface area (Å²) in [6.07, 6.45) is 1.68. The number of ether oxygens (including phenoxy) is 1. The van der Waals surface area contributed by atoms with Crippen molar-refractivity contribution in [3.05, 3.63) is 35.4 Å². The molecule has 4 heteroatoms. The first-order chi connectivity index (χ1) is 11.3. The van der Waals surface area contributed by atoms with Crippen molar-refractivity contribution in [3.63, 3.8) is 0 Å². The van der Waals surface area contributed by atoms with Gasteiger partial charge in [0, 0.05) is 26.1 Å². The Morgan fingerprint density at radius 3 is 2.38 bits per heavy atom. The number of nitrogens with zero attached hydrogens (tertiary/aromatic N) is 1. The van der Waals surface area contributed by atoms with Crippen LogP contribution < -0.4 is 5.32 Å². The van der Waals surface area contributed by atoms with E-state index in [9.17, 15) is 4.79 Å². The molecule has 0 aliphatic carbocycles. The minimum Gasteiger partial charge on any atom is -0.384 e. The molecule has 1 aliphatic rings. The molecule has 1 N–H and O–H groups in total. The highest BCUT2D eigenvalue weighted by Crippen LogP contribution is 2.33. The Labute approximate surface area is 146 Å². The average Bonchev–Trinajstić information content (AvgIpc) is 2.55. The van der Waals surface area contributed by atoms with Gasteiger partial charge in [-0.25, -0.2) is 0 Å². The molecule has 0 radical (unpaired) electrons. The maximum Gasteiger partial charge on any atom is 0.230 e. The van der Waals surface area contributed by atoms with Crippen molar-refractivity contribution in [1.29, 1.82) is 0 Å². The summed E-state index contributed by atoms with van der Waals surface area (Å²) in [4.78, 5) is 15.1. The van der Waals surface area contributed by atoms with Gasteiger partial charge in [-0.3, -0.25) is 4.79 Å². The molecule has 0 spiro atoms. The van der Waals surface area contributed by atoms with Crippen LogP contribution in [0.3, 0.4) is 0 Å². The Balaban J connectivity index is 2.12. The molecule has 2 rings (SSSR count). The third-order valence-electron chi connectivity index (χ3n) is 5.25. The fourth-order valence-corrected chi connectivity index (χ4v) is 3.77. The first kappa shape index (κ1) is 18.9. The van der Waals surface area contributed by atoms with Crippen LogP contribution in [0.5, 0.6) is 0 Å². The van der Waals surface area contributed by atoms with Gasteiger partial charge in [0.25, 0.3) is 0 Å². The zero-order valence-electron chi connectivity index (χ0n) is 15.8. The molecule has 0 atom stereocenters. The smallest absolute Gasteiger partial charge is 0.230 e. The summed E-state index contributed by atoms with van der Waals surface area (Å²) in [6.45, 7) is 9.46. The second-order valence-electron chi connectivity index (χ2n) is 7.87. The molecule has 0 bridgehead atoms. The van der Waals surface area contributed by atoms with Gasteiger partial charge in [-0.2, -0.15) is 0 Å². The van der Waals surface area contributed by atoms with Gasteiger partial charge in [0.05, 0.1) is 12.0 Å². The van der Waals surface area contributed by atoms with Crippen molar-refractivity contribution >= 4 is 5.91 Å². The van der Waals surface area contributed by atoms with Crippen molar-refractivity contribution in [2.75, 3.05) is 40.4 Å². The summed E-state index contributed by atoms with van der Waals surface area (Å²) in [5.74, 6) is 0.214. The summed E-state index contributed by atoms with van der Waals surface area (Å²) >= 11 is 0. The molecule has 1 saturated heterocycles. The lowest BCUT2D eigenvalue weighted by Gasteiger charge is -2.40. The van der Waals surface area contributed by atoms with E-state index in [1.54, 1.807) is 7.11 Å². The highest BCUT2D eigenvalue weighted by Gasteiger charge is 2.42. The van der Waals surface area contributed by atoms with Crippen LogP contribution in [0.4, 0.5) is 0 Å². The predicted molar refractivity (Wildman–Crippen MR) is 98.3 cm³/mol. The number of hydrogen-bond acceptors (Lipinski definition) is 3. The summed E-state index contributed by atoms with van der Waals surface area (Å²) in [7, 11) is 3.62. The summed E-state index contributed by atoms with van der Waals surface area (Å²) in [5.41, 5.74) is 2.06. The van der Waals surface area contributed by atoms with Crippen LogP contribution >= 0.6 is 0 Å². The number of likely N-dealkylation sites (N-methyl/N-ethyl adjacent to an activating group) is 1. The Morgan fingerprint density at radius 2 is 1.83 bits per heavy atom. The van der Waals surface area contributed by atoms with Crippen LogP contribution in [0.2, 0.25) is 0 Å². The number of amides is 1. The topological polar surface area (TPSA) is 41.6 Å². The fourth-order valence-electron chi connectivity index (χ4n) is 3.77. The lowest BCUT2D eigenvalue weighted by molar-refractivity contribution is -0.146. The minimum absolute atomic E-state index is 0.0840. The molecule has 1 aromatic carbocycles. The number of hydrogen-bond donors (Lipinski definition) is 1. The number of methoxy groups -OCH3 is 1. The molecule has 0 unspecified atom stereocenters. The highest BCUT2D eigenvalue weighted by molar-refractivity contribution is 5.83. The molecule has 1 fully saturated rings. The number of carbonyl (C=O) groups excluding carboxylic acids is 1. The van der Waals surface area contributed by atoms with E-state index in [2.05, 4.69) is 50.4 Å². The van der Waals surface area contributed by atoms with Gasteiger partial charge in [-0.1, -0.05) is 43.7 Å². The molecule has 1 aromatic rings. The monoisotopic (exact) mass is 332 g/mol. The van der Waals surface area contributed by atoms with E-state index in [1.807, 2.05) is 11.9 Å². The van der Waals surface area contributed by atoms with Gasteiger partial charge in [-0.15, -0.1) is 0 Å². The highest BCUT2D eigenvalue weighted by atomic mass is 16.5. The SMILES string of the molecule is COCC1(C(=O)N(C)CC(C)(C)c2ccc(C)cc2)CCNCC1. The summed E-state index contributed by atoms with van der Waals surface area (Å²) < 4.78 is 5.41. The van der Waals surface area contributed by atoms with Crippen molar-refractivity contribution in [3.8, 4) is 0 Å². The normalized spacial score (nSPS) is 17.5. The van der Waals surface area contributed by atoms with E-state index in [0.29, 0.717) is 13.2 Å². The molecular formula is C20H32N2O2. The van der Waals surface area contributed by atoms with Crippen molar-refractivity contribution in [2.24, 2.45) is 5.41 Å². The standard InChI is InChI=1S/C20H32N2O2/c1-16-6-8-17(9-7-16)19(2,3)14-22(4)18(23)20(15-24-5)10-12-21-13-11-20/h6-9,21H,10-15H2,1-5H3. The lowest BCUT2D eigenvalue weighted by atomic mass is 9.77. The lowest BCUT2D eigenvalue weighted by Crippen LogP contribution is -2.52.